The number of nitrogens with two attached hydrogens (primary N) is 1. The molecule has 6 nitrogen and oxygen atoms in total. The van der Waals surface area contributed by atoms with Gasteiger partial charge in [-0.3, -0.25) is 4.79 Å². The smallest absolute Gasteiger partial charge is 0.220 e. The molecule has 102 valence electrons. The lowest BCUT2D eigenvalue weighted by Gasteiger charge is -2.13. The summed E-state index contributed by atoms with van der Waals surface area (Å²) in [5, 5.41) is 17.9. The fourth-order valence-corrected chi connectivity index (χ4v) is 2.19. The summed E-state index contributed by atoms with van der Waals surface area (Å²) in [6, 6.07) is 7.68. The quantitative estimate of drug-likeness (QED) is 0.263. The predicted octanol–water partition coefficient (Wildman–Crippen LogP) is 0.149. The van der Waals surface area contributed by atoms with Crippen molar-refractivity contribution in [3.63, 3.8) is 0 Å². The normalized spacial score (nSPS) is 19.5. The molecule has 0 radical (unpaired) electrons. The Hall–Kier alpha value is -2.08. The number of benzene rings is 1. The van der Waals surface area contributed by atoms with Crippen molar-refractivity contribution in [2.75, 3.05) is 6.54 Å². The zero-order chi connectivity index (χ0) is 13.7. The number of nitrogens with zero attached hydrogens (tertiary/aromatic N) is 1. The Morgan fingerprint density at radius 1 is 1.53 bits per heavy atom. The van der Waals surface area contributed by atoms with Crippen LogP contribution >= 0.6 is 0 Å². The van der Waals surface area contributed by atoms with Gasteiger partial charge in [0.05, 0.1) is 0 Å². The monoisotopic (exact) mass is 262 g/mol. The number of hydrogen-bond donors (Lipinski definition) is 4. The number of oxime groups is 1. The molecule has 1 unspecified atom stereocenters. The highest BCUT2D eigenvalue weighted by atomic mass is 16.4. The maximum absolute atomic E-state index is 11.1. The third-order valence-electron chi connectivity index (χ3n) is 3.19. The molecule has 0 spiro atoms. The van der Waals surface area contributed by atoms with Crippen molar-refractivity contribution < 1.29 is 10.0 Å². The maximum atomic E-state index is 11.1. The van der Waals surface area contributed by atoms with Crippen molar-refractivity contribution in [3.05, 3.63) is 35.4 Å². The Balaban J connectivity index is 1.91. The first kappa shape index (κ1) is 13.4. The summed E-state index contributed by atoms with van der Waals surface area (Å²) in [6.45, 7) is 1.33. The van der Waals surface area contributed by atoms with E-state index in [2.05, 4.69) is 15.8 Å². The Morgan fingerprint density at radius 2 is 2.32 bits per heavy atom. The molecule has 0 bridgehead atoms. The molecule has 19 heavy (non-hydrogen) atoms. The third-order valence-corrected chi connectivity index (χ3v) is 3.19. The number of amides is 1. The van der Waals surface area contributed by atoms with E-state index in [1.165, 1.54) is 0 Å². The van der Waals surface area contributed by atoms with Crippen molar-refractivity contribution in [1.82, 2.24) is 10.6 Å². The maximum Gasteiger partial charge on any atom is 0.220 e. The van der Waals surface area contributed by atoms with Gasteiger partial charge in [-0.1, -0.05) is 29.4 Å². The third kappa shape index (κ3) is 3.45. The van der Waals surface area contributed by atoms with Crippen LogP contribution in [-0.2, 0) is 11.3 Å². The Bertz CT molecular complexity index is 487. The van der Waals surface area contributed by atoms with Crippen LogP contribution in [-0.4, -0.2) is 29.5 Å². The van der Waals surface area contributed by atoms with Crippen LogP contribution in [0.25, 0.3) is 0 Å². The highest BCUT2D eigenvalue weighted by Crippen LogP contribution is 2.09. The molecule has 5 N–H and O–H groups in total. The highest BCUT2D eigenvalue weighted by molar-refractivity contribution is 5.98. The van der Waals surface area contributed by atoms with E-state index in [1.807, 2.05) is 24.3 Å². The molecule has 1 aromatic rings. The highest BCUT2D eigenvalue weighted by Gasteiger charge is 2.19. The Morgan fingerprint density at radius 3 is 3.00 bits per heavy atom. The summed E-state index contributed by atoms with van der Waals surface area (Å²) in [5.74, 6) is 0.218. The van der Waals surface area contributed by atoms with E-state index in [0.29, 0.717) is 18.5 Å². The van der Waals surface area contributed by atoms with E-state index in [0.717, 1.165) is 18.5 Å². The van der Waals surface area contributed by atoms with E-state index in [-0.39, 0.29) is 17.8 Å². The number of hydrogen-bond acceptors (Lipinski definition) is 4. The fraction of sp³-hybridized carbons (Fsp3) is 0.385. The second-order valence-electron chi connectivity index (χ2n) is 4.58. The fourth-order valence-electron chi connectivity index (χ4n) is 2.19. The molecule has 1 aliphatic rings. The molecule has 0 aliphatic carbocycles. The summed E-state index contributed by atoms with van der Waals surface area (Å²) in [6.07, 6.45) is 1.47. The van der Waals surface area contributed by atoms with Crippen LogP contribution in [0.5, 0.6) is 0 Å². The number of amidine groups is 1. The molecular formula is C13H18N4O2. The Kier molecular flexibility index (Phi) is 4.35. The molecule has 6 heteroatoms. The van der Waals surface area contributed by atoms with Crippen LogP contribution in [0, 0.1) is 0 Å². The first-order chi connectivity index (χ1) is 9.20. The SMILES string of the molecule is NC(=NO)c1ccccc1CNCC1CCC(=O)N1. The van der Waals surface area contributed by atoms with Crippen LogP contribution in [0.1, 0.15) is 24.0 Å². The molecule has 1 heterocycles. The minimum absolute atomic E-state index is 0.103. The van der Waals surface area contributed by atoms with Crippen LogP contribution in [0.3, 0.4) is 0 Å². The first-order valence-electron chi connectivity index (χ1n) is 6.26. The van der Waals surface area contributed by atoms with E-state index in [4.69, 9.17) is 10.9 Å². The summed E-state index contributed by atoms with van der Waals surface area (Å²) in [5.41, 5.74) is 7.30. The number of carbonyl (C=O) groups excluding carboxylic acids is 1. The van der Waals surface area contributed by atoms with Crippen LogP contribution in [0.2, 0.25) is 0 Å². The molecule has 1 aromatic carbocycles. The standard InChI is InChI=1S/C13H18N4O2/c14-13(17-19)11-4-2-1-3-9(11)7-15-8-10-5-6-12(18)16-10/h1-4,10,15,19H,5-8H2,(H2,14,17)(H,16,18). The minimum atomic E-state index is 0.103. The largest absolute Gasteiger partial charge is 0.409 e. The van der Waals surface area contributed by atoms with Crippen LogP contribution in [0.4, 0.5) is 0 Å². The second-order valence-corrected chi connectivity index (χ2v) is 4.58. The number of nitrogens with one attached hydrogen (secondary N) is 2. The summed E-state index contributed by atoms with van der Waals surface area (Å²) in [7, 11) is 0. The molecule has 1 amide bonds. The van der Waals surface area contributed by atoms with Gasteiger partial charge >= 0.3 is 0 Å². The van der Waals surface area contributed by atoms with Gasteiger partial charge in [-0.2, -0.15) is 0 Å². The van der Waals surface area contributed by atoms with Crippen molar-refractivity contribution in [2.24, 2.45) is 10.9 Å². The van der Waals surface area contributed by atoms with Gasteiger partial charge < -0.3 is 21.6 Å². The molecule has 0 saturated carbocycles. The van der Waals surface area contributed by atoms with E-state index >= 15 is 0 Å². The molecule has 0 aromatic heterocycles. The van der Waals surface area contributed by atoms with Gasteiger partial charge in [-0.15, -0.1) is 0 Å². The van der Waals surface area contributed by atoms with Crippen LogP contribution in [0.15, 0.2) is 29.4 Å². The first-order valence-corrected chi connectivity index (χ1v) is 6.26. The van der Waals surface area contributed by atoms with Gasteiger partial charge in [0.1, 0.15) is 0 Å². The molecule has 1 fully saturated rings. The van der Waals surface area contributed by atoms with Gasteiger partial charge in [0.15, 0.2) is 5.84 Å². The van der Waals surface area contributed by atoms with Gasteiger partial charge in [0.2, 0.25) is 5.91 Å². The van der Waals surface area contributed by atoms with Crippen molar-refractivity contribution >= 4 is 11.7 Å². The molecule has 1 aliphatic heterocycles. The van der Waals surface area contributed by atoms with Crippen molar-refractivity contribution in [1.29, 1.82) is 0 Å². The lowest BCUT2D eigenvalue weighted by Crippen LogP contribution is -2.35. The number of carbonyl (C=O) groups is 1. The summed E-state index contributed by atoms with van der Waals surface area (Å²) in [4.78, 5) is 11.1. The number of rotatable bonds is 5. The van der Waals surface area contributed by atoms with Crippen molar-refractivity contribution in [2.45, 2.75) is 25.4 Å². The molecule has 1 saturated heterocycles. The predicted molar refractivity (Wildman–Crippen MR) is 71.8 cm³/mol. The summed E-state index contributed by atoms with van der Waals surface area (Å²) < 4.78 is 0. The zero-order valence-corrected chi connectivity index (χ0v) is 10.6. The minimum Gasteiger partial charge on any atom is -0.409 e. The summed E-state index contributed by atoms with van der Waals surface area (Å²) >= 11 is 0. The van der Waals surface area contributed by atoms with Gasteiger partial charge in [0.25, 0.3) is 0 Å². The topological polar surface area (TPSA) is 99.7 Å². The molecule has 2 rings (SSSR count). The lowest BCUT2D eigenvalue weighted by molar-refractivity contribution is -0.119. The van der Waals surface area contributed by atoms with Crippen LogP contribution < -0.4 is 16.4 Å². The van der Waals surface area contributed by atoms with Gasteiger partial charge in [-0.05, 0) is 12.0 Å². The van der Waals surface area contributed by atoms with E-state index in [9.17, 15) is 4.79 Å². The second kappa shape index (κ2) is 6.19. The van der Waals surface area contributed by atoms with Gasteiger partial charge in [0, 0.05) is 31.1 Å². The van der Waals surface area contributed by atoms with Crippen molar-refractivity contribution in [3.8, 4) is 0 Å². The average Bonchev–Trinajstić information content (AvgIpc) is 2.84. The molecular weight excluding hydrogens is 244 g/mol. The molecule has 1 atom stereocenters. The van der Waals surface area contributed by atoms with Gasteiger partial charge in [-0.25, -0.2) is 0 Å². The van der Waals surface area contributed by atoms with E-state index in [1.54, 1.807) is 0 Å². The lowest BCUT2D eigenvalue weighted by atomic mass is 10.1. The zero-order valence-electron chi connectivity index (χ0n) is 10.6. The Labute approximate surface area is 111 Å². The average molecular weight is 262 g/mol. The van der Waals surface area contributed by atoms with E-state index < -0.39 is 0 Å².